The number of aliphatic imine (C=N–C) groups is 1. The Hall–Kier alpha value is -1.53. The fraction of sp³-hybridized carbons (Fsp3) is 0.444. The van der Waals surface area contributed by atoms with Gasteiger partial charge in [-0.05, 0) is 31.0 Å². The van der Waals surface area contributed by atoms with Gasteiger partial charge in [0.2, 0.25) is 0 Å². The summed E-state index contributed by atoms with van der Waals surface area (Å²) in [7, 11) is 0. The van der Waals surface area contributed by atoms with Crippen molar-refractivity contribution in [2.45, 2.75) is 39.5 Å². The highest BCUT2D eigenvalue weighted by Crippen LogP contribution is 2.19. The van der Waals surface area contributed by atoms with Crippen molar-refractivity contribution in [1.29, 1.82) is 0 Å². The standard InChI is InChI=1S/C18H24F2N4O2S.HI/c1-3-16-24-13(11-27-16)9-22-18(21-4-2)23-10-15(25)12-5-7-14(8-6-12)26-17(19)20;/h5-8,11,15,17,25H,3-4,9-10H2,1-2H3,(H2,21,22,23);1H. The zero-order valence-corrected chi connectivity index (χ0v) is 18.8. The molecule has 6 nitrogen and oxygen atoms in total. The summed E-state index contributed by atoms with van der Waals surface area (Å²) in [6, 6.07) is 5.90. The van der Waals surface area contributed by atoms with Gasteiger partial charge in [-0.15, -0.1) is 35.3 Å². The molecule has 0 aliphatic carbocycles. The molecule has 0 aliphatic rings. The fourth-order valence-electron chi connectivity index (χ4n) is 2.27. The molecule has 2 rings (SSSR count). The van der Waals surface area contributed by atoms with Crippen LogP contribution in [0.3, 0.4) is 0 Å². The number of hydrogen-bond acceptors (Lipinski definition) is 5. The molecule has 156 valence electrons. The van der Waals surface area contributed by atoms with Gasteiger partial charge in [-0.25, -0.2) is 9.98 Å². The zero-order valence-electron chi connectivity index (χ0n) is 15.7. The summed E-state index contributed by atoms with van der Waals surface area (Å²) in [5.41, 5.74) is 1.50. The maximum atomic E-state index is 12.2. The molecule has 28 heavy (non-hydrogen) atoms. The number of nitrogens with one attached hydrogen (secondary N) is 2. The molecule has 1 atom stereocenters. The summed E-state index contributed by atoms with van der Waals surface area (Å²) in [4.78, 5) is 8.94. The quantitative estimate of drug-likeness (QED) is 0.264. The molecule has 0 saturated heterocycles. The first-order valence-corrected chi connectivity index (χ1v) is 9.58. The molecule has 2 aromatic rings. The Morgan fingerprint density at radius 3 is 2.54 bits per heavy atom. The number of aliphatic hydroxyl groups is 1. The van der Waals surface area contributed by atoms with Crippen molar-refractivity contribution < 1.29 is 18.6 Å². The van der Waals surface area contributed by atoms with Crippen molar-refractivity contribution in [1.82, 2.24) is 15.6 Å². The van der Waals surface area contributed by atoms with E-state index < -0.39 is 12.7 Å². The van der Waals surface area contributed by atoms with E-state index in [1.165, 1.54) is 12.1 Å². The van der Waals surface area contributed by atoms with Gasteiger partial charge in [0, 0.05) is 18.5 Å². The van der Waals surface area contributed by atoms with Gasteiger partial charge in [0.15, 0.2) is 5.96 Å². The largest absolute Gasteiger partial charge is 0.435 e. The summed E-state index contributed by atoms with van der Waals surface area (Å²) >= 11 is 1.62. The van der Waals surface area contributed by atoms with E-state index >= 15 is 0 Å². The highest BCUT2D eigenvalue weighted by atomic mass is 127. The van der Waals surface area contributed by atoms with Crippen LogP contribution < -0.4 is 15.4 Å². The first-order chi connectivity index (χ1) is 13.0. The van der Waals surface area contributed by atoms with Crippen LogP contribution >= 0.6 is 35.3 Å². The number of benzene rings is 1. The Kier molecular flexibility index (Phi) is 11.2. The number of aryl methyl sites for hydroxylation is 1. The van der Waals surface area contributed by atoms with Crippen molar-refractivity contribution in [3.63, 3.8) is 0 Å². The van der Waals surface area contributed by atoms with E-state index in [4.69, 9.17) is 0 Å². The molecule has 0 aliphatic heterocycles. The summed E-state index contributed by atoms with van der Waals surface area (Å²) < 4.78 is 28.6. The molecule has 0 bridgehead atoms. The number of aromatic nitrogens is 1. The van der Waals surface area contributed by atoms with Crippen LogP contribution in [0.15, 0.2) is 34.6 Å². The average molecular weight is 526 g/mol. The van der Waals surface area contributed by atoms with Gasteiger partial charge in [0.05, 0.1) is 23.4 Å². The highest BCUT2D eigenvalue weighted by molar-refractivity contribution is 14.0. The molecule has 10 heteroatoms. The van der Waals surface area contributed by atoms with Gasteiger partial charge in [-0.3, -0.25) is 0 Å². The van der Waals surface area contributed by atoms with Crippen LogP contribution in [-0.2, 0) is 13.0 Å². The monoisotopic (exact) mass is 526 g/mol. The number of thiazole rings is 1. The molecule has 3 N–H and O–H groups in total. The van der Waals surface area contributed by atoms with Crippen LogP contribution in [0.1, 0.15) is 36.2 Å². The molecular weight excluding hydrogens is 501 g/mol. The maximum Gasteiger partial charge on any atom is 0.387 e. The molecule has 1 unspecified atom stereocenters. The minimum absolute atomic E-state index is 0. The Morgan fingerprint density at radius 1 is 1.25 bits per heavy atom. The second kappa shape index (κ2) is 12.8. The first-order valence-electron chi connectivity index (χ1n) is 8.70. The second-order valence-corrected chi connectivity index (χ2v) is 6.57. The van der Waals surface area contributed by atoms with Crippen molar-refractivity contribution in [2.24, 2.45) is 4.99 Å². The molecule has 0 fully saturated rings. The van der Waals surface area contributed by atoms with Crippen molar-refractivity contribution in [3.8, 4) is 5.75 Å². The number of hydrogen-bond donors (Lipinski definition) is 3. The zero-order chi connectivity index (χ0) is 19.6. The highest BCUT2D eigenvalue weighted by Gasteiger charge is 2.10. The summed E-state index contributed by atoms with van der Waals surface area (Å²) in [6.07, 6.45) is 0.0838. The number of aliphatic hydroxyl groups excluding tert-OH is 1. The molecule has 0 saturated carbocycles. The number of rotatable bonds is 9. The van der Waals surface area contributed by atoms with Crippen LogP contribution in [0.2, 0.25) is 0 Å². The molecule has 1 aromatic carbocycles. The lowest BCUT2D eigenvalue weighted by atomic mass is 10.1. The Bertz CT molecular complexity index is 729. The Balaban J connectivity index is 0.00000392. The number of guanidine groups is 1. The minimum atomic E-state index is -2.87. The summed E-state index contributed by atoms with van der Waals surface area (Å²) in [5.74, 6) is 0.624. The van der Waals surface area contributed by atoms with E-state index in [1.54, 1.807) is 23.5 Å². The van der Waals surface area contributed by atoms with Gasteiger partial charge in [0.1, 0.15) is 5.75 Å². The van der Waals surface area contributed by atoms with Crippen molar-refractivity contribution in [3.05, 3.63) is 45.9 Å². The molecule has 0 radical (unpaired) electrons. The lowest BCUT2D eigenvalue weighted by Crippen LogP contribution is -2.39. The number of ether oxygens (including phenoxy) is 1. The molecule has 0 spiro atoms. The molecular formula is C18H25F2IN4O2S. The van der Waals surface area contributed by atoms with Gasteiger partial charge < -0.3 is 20.5 Å². The molecule has 1 aromatic heterocycles. The van der Waals surface area contributed by atoms with Crippen LogP contribution in [0.25, 0.3) is 0 Å². The lowest BCUT2D eigenvalue weighted by molar-refractivity contribution is -0.0498. The normalized spacial score (nSPS) is 12.4. The van der Waals surface area contributed by atoms with Crippen LogP contribution in [0.5, 0.6) is 5.75 Å². The average Bonchev–Trinajstić information content (AvgIpc) is 3.12. The van der Waals surface area contributed by atoms with E-state index in [-0.39, 0.29) is 36.3 Å². The number of halogens is 3. The fourth-order valence-corrected chi connectivity index (χ4v) is 3.00. The predicted octanol–water partition coefficient (Wildman–Crippen LogP) is 3.71. The van der Waals surface area contributed by atoms with Crippen LogP contribution in [-0.4, -0.2) is 35.8 Å². The number of alkyl halides is 2. The smallest absolute Gasteiger partial charge is 0.387 e. The molecule has 0 amide bonds. The van der Waals surface area contributed by atoms with Gasteiger partial charge in [0.25, 0.3) is 0 Å². The maximum absolute atomic E-state index is 12.2. The third kappa shape index (κ3) is 8.23. The second-order valence-electron chi connectivity index (χ2n) is 5.63. The van der Waals surface area contributed by atoms with Crippen LogP contribution in [0, 0.1) is 0 Å². The number of nitrogens with zero attached hydrogens (tertiary/aromatic N) is 2. The van der Waals surface area contributed by atoms with Crippen LogP contribution in [0.4, 0.5) is 8.78 Å². The molecule has 1 heterocycles. The van der Waals surface area contributed by atoms with E-state index in [2.05, 4.69) is 32.3 Å². The predicted molar refractivity (Wildman–Crippen MR) is 118 cm³/mol. The summed E-state index contributed by atoms with van der Waals surface area (Å²) in [5, 5.41) is 19.5. The van der Waals surface area contributed by atoms with E-state index in [9.17, 15) is 13.9 Å². The first kappa shape index (κ1) is 24.5. The van der Waals surface area contributed by atoms with Crippen molar-refractivity contribution in [2.75, 3.05) is 13.1 Å². The van der Waals surface area contributed by atoms with Gasteiger partial charge >= 0.3 is 6.61 Å². The lowest BCUT2D eigenvalue weighted by Gasteiger charge is -2.16. The van der Waals surface area contributed by atoms with Gasteiger partial charge in [-0.1, -0.05) is 19.1 Å². The SMILES string of the molecule is CCNC(=NCc1csc(CC)n1)NCC(O)c1ccc(OC(F)F)cc1.I. The minimum Gasteiger partial charge on any atom is -0.435 e. The third-order valence-corrected chi connectivity index (χ3v) is 4.64. The van der Waals surface area contributed by atoms with Crippen molar-refractivity contribution >= 4 is 41.3 Å². The Morgan fingerprint density at radius 2 is 1.96 bits per heavy atom. The Labute approximate surface area is 184 Å². The van der Waals surface area contributed by atoms with E-state index in [1.807, 2.05) is 12.3 Å². The third-order valence-electron chi connectivity index (χ3n) is 3.60. The summed E-state index contributed by atoms with van der Waals surface area (Å²) in [6.45, 7) is 2.49. The van der Waals surface area contributed by atoms with E-state index in [0.29, 0.717) is 24.6 Å². The topological polar surface area (TPSA) is 78.8 Å². The van der Waals surface area contributed by atoms with Gasteiger partial charge in [-0.2, -0.15) is 8.78 Å². The van der Waals surface area contributed by atoms with E-state index in [0.717, 1.165) is 17.1 Å².